The number of thiocarbonyl (C=S) groups is 1. The maximum atomic E-state index is 5.43. The molecule has 1 fully saturated rings. The molecule has 0 bridgehead atoms. The van der Waals surface area contributed by atoms with E-state index in [-0.39, 0.29) is 0 Å². The molecule has 0 saturated heterocycles. The molecule has 2 nitrogen and oxygen atoms in total. The number of hydrogen-bond acceptors (Lipinski definition) is 1. The topological polar surface area (TPSA) is 24.1 Å². The maximum absolute atomic E-state index is 5.43. The van der Waals surface area contributed by atoms with E-state index >= 15 is 0 Å². The fraction of sp³-hybridized carbons (Fsp3) is 0.611. The lowest BCUT2D eigenvalue weighted by Crippen LogP contribution is -2.39. The summed E-state index contributed by atoms with van der Waals surface area (Å²) in [5.41, 5.74) is 2.46. The van der Waals surface area contributed by atoms with Crippen LogP contribution in [-0.2, 0) is 0 Å². The summed E-state index contributed by atoms with van der Waals surface area (Å²) in [6.07, 6.45) is 6.26. The molecule has 1 aromatic carbocycles. The van der Waals surface area contributed by atoms with Gasteiger partial charge in [0, 0.05) is 11.7 Å². The molecule has 0 spiro atoms. The van der Waals surface area contributed by atoms with Crippen LogP contribution in [0.25, 0.3) is 0 Å². The van der Waals surface area contributed by atoms with Crippen molar-refractivity contribution in [3.8, 4) is 0 Å². The summed E-state index contributed by atoms with van der Waals surface area (Å²) in [5, 5.41) is 7.52. The third-order valence-electron chi connectivity index (χ3n) is 4.70. The lowest BCUT2D eigenvalue weighted by atomic mass is 9.87. The van der Waals surface area contributed by atoms with E-state index < -0.39 is 0 Å². The molecule has 1 atom stereocenters. The standard InChI is InChI=1S/C18H28N2S/c1-4-14(3)15-7-11-17(12-8-15)20-18(21)19-16-9-5-13(2)6-10-16/h7-8,11-14,16H,4-6,9-10H2,1-3H3,(H2,19,20,21). The average molecular weight is 305 g/mol. The molecule has 21 heavy (non-hydrogen) atoms. The Kier molecular flexibility index (Phi) is 6.04. The average Bonchev–Trinajstić information content (AvgIpc) is 2.49. The Morgan fingerprint density at radius 2 is 1.81 bits per heavy atom. The monoisotopic (exact) mass is 304 g/mol. The van der Waals surface area contributed by atoms with Gasteiger partial charge in [0.25, 0.3) is 0 Å². The van der Waals surface area contributed by atoms with Crippen molar-refractivity contribution in [1.29, 1.82) is 0 Å². The Morgan fingerprint density at radius 1 is 1.19 bits per heavy atom. The van der Waals surface area contributed by atoms with E-state index in [1.165, 1.54) is 37.7 Å². The van der Waals surface area contributed by atoms with Crippen LogP contribution in [0.15, 0.2) is 24.3 Å². The Morgan fingerprint density at radius 3 is 2.38 bits per heavy atom. The van der Waals surface area contributed by atoms with Crippen molar-refractivity contribution in [3.05, 3.63) is 29.8 Å². The minimum Gasteiger partial charge on any atom is -0.360 e. The summed E-state index contributed by atoms with van der Waals surface area (Å²) in [4.78, 5) is 0. The van der Waals surface area contributed by atoms with Gasteiger partial charge in [-0.3, -0.25) is 0 Å². The molecule has 0 heterocycles. The zero-order valence-corrected chi connectivity index (χ0v) is 14.3. The maximum Gasteiger partial charge on any atom is 0.170 e. The SMILES string of the molecule is CCC(C)c1ccc(NC(=S)NC2CCC(C)CC2)cc1. The molecular weight excluding hydrogens is 276 g/mol. The second-order valence-corrected chi connectivity index (χ2v) is 6.89. The molecule has 0 aliphatic heterocycles. The Balaban J connectivity index is 1.82. The number of anilines is 1. The lowest BCUT2D eigenvalue weighted by Gasteiger charge is -2.28. The van der Waals surface area contributed by atoms with Crippen molar-refractivity contribution in [2.75, 3.05) is 5.32 Å². The molecule has 0 radical (unpaired) electrons. The highest BCUT2D eigenvalue weighted by Gasteiger charge is 2.18. The lowest BCUT2D eigenvalue weighted by molar-refractivity contribution is 0.332. The van der Waals surface area contributed by atoms with Crippen molar-refractivity contribution in [1.82, 2.24) is 5.32 Å². The van der Waals surface area contributed by atoms with Crippen LogP contribution in [0.3, 0.4) is 0 Å². The number of hydrogen-bond donors (Lipinski definition) is 2. The molecule has 1 aromatic rings. The smallest absolute Gasteiger partial charge is 0.170 e. The molecule has 3 heteroatoms. The summed E-state index contributed by atoms with van der Waals surface area (Å²) in [6.45, 7) is 6.82. The van der Waals surface area contributed by atoms with Gasteiger partial charge in [-0.2, -0.15) is 0 Å². The van der Waals surface area contributed by atoms with Crippen molar-refractivity contribution in [2.24, 2.45) is 5.92 Å². The van der Waals surface area contributed by atoms with Gasteiger partial charge in [-0.25, -0.2) is 0 Å². The Labute approximate surface area is 134 Å². The van der Waals surface area contributed by atoms with E-state index in [0.29, 0.717) is 12.0 Å². The molecule has 1 saturated carbocycles. The zero-order chi connectivity index (χ0) is 15.2. The van der Waals surface area contributed by atoms with Gasteiger partial charge in [-0.05, 0) is 73.9 Å². The number of benzene rings is 1. The quantitative estimate of drug-likeness (QED) is 0.760. The Bertz CT molecular complexity index is 447. The molecule has 0 aromatic heterocycles. The normalized spacial score (nSPS) is 23.4. The van der Waals surface area contributed by atoms with E-state index in [4.69, 9.17) is 12.2 Å². The summed E-state index contributed by atoms with van der Waals surface area (Å²) in [6, 6.07) is 9.18. The fourth-order valence-corrected chi connectivity index (χ4v) is 3.17. The summed E-state index contributed by atoms with van der Waals surface area (Å²) < 4.78 is 0. The van der Waals surface area contributed by atoms with Gasteiger partial charge >= 0.3 is 0 Å². The van der Waals surface area contributed by atoms with Crippen molar-refractivity contribution < 1.29 is 0 Å². The van der Waals surface area contributed by atoms with Crippen LogP contribution in [0.5, 0.6) is 0 Å². The second kappa shape index (κ2) is 7.79. The van der Waals surface area contributed by atoms with Gasteiger partial charge in [0.1, 0.15) is 0 Å². The highest BCUT2D eigenvalue weighted by atomic mass is 32.1. The molecule has 1 aliphatic carbocycles. The molecule has 2 N–H and O–H groups in total. The number of nitrogens with one attached hydrogen (secondary N) is 2. The highest BCUT2D eigenvalue weighted by molar-refractivity contribution is 7.80. The third-order valence-corrected chi connectivity index (χ3v) is 4.92. The minimum atomic E-state index is 0.542. The van der Waals surface area contributed by atoms with Gasteiger partial charge in [-0.15, -0.1) is 0 Å². The molecule has 0 amide bonds. The summed E-state index contributed by atoms with van der Waals surface area (Å²) in [7, 11) is 0. The molecular formula is C18H28N2S. The van der Waals surface area contributed by atoms with Crippen molar-refractivity contribution in [2.45, 2.75) is 64.8 Å². The molecule has 1 unspecified atom stereocenters. The largest absolute Gasteiger partial charge is 0.360 e. The van der Waals surface area contributed by atoms with E-state index in [0.717, 1.165) is 16.7 Å². The minimum absolute atomic E-state index is 0.542. The van der Waals surface area contributed by atoms with Gasteiger partial charge < -0.3 is 10.6 Å². The molecule has 1 aliphatic rings. The van der Waals surface area contributed by atoms with E-state index in [1.807, 2.05) is 0 Å². The first kappa shape index (κ1) is 16.3. The van der Waals surface area contributed by atoms with Gasteiger partial charge in [0.05, 0.1) is 0 Å². The predicted octanol–water partition coefficient (Wildman–Crippen LogP) is 5.07. The van der Waals surface area contributed by atoms with Crippen LogP contribution in [0.1, 0.15) is 64.4 Å². The Hall–Kier alpha value is -1.09. The van der Waals surface area contributed by atoms with Crippen LogP contribution < -0.4 is 10.6 Å². The third kappa shape index (κ3) is 4.99. The van der Waals surface area contributed by atoms with Crippen LogP contribution in [0, 0.1) is 5.92 Å². The molecule has 2 rings (SSSR count). The summed E-state index contributed by atoms with van der Waals surface area (Å²) in [5.74, 6) is 1.49. The molecule has 116 valence electrons. The first-order chi connectivity index (χ1) is 10.1. The van der Waals surface area contributed by atoms with Gasteiger partial charge in [0.15, 0.2) is 5.11 Å². The van der Waals surface area contributed by atoms with Crippen LogP contribution in [0.4, 0.5) is 5.69 Å². The second-order valence-electron chi connectivity index (χ2n) is 6.49. The predicted molar refractivity (Wildman–Crippen MR) is 95.9 cm³/mol. The summed E-state index contributed by atoms with van der Waals surface area (Å²) >= 11 is 5.43. The number of rotatable bonds is 4. The first-order valence-corrected chi connectivity index (χ1v) is 8.66. The van der Waals surface area contributed by atoms with E-state index in [2.05, 4.69) is 55.7 Å². The zero-order valence-electron chi connectivity index (χ0n) is 13.5. The fourth-order valence-electron chi connectivity index (χ4n) is 2.89. The van der Waals surface area contributed by atoms with Crippen LogP contribution >= 0.6 is 12.2 Å². The van der Waals surface area contributed by atoms with Crippen molar-refractivity contribution in [3.63, 3.8) is 0 Å². The highest BCUT2D eigenvalue weighted by Crippen LogP contribution is 2.24. The van der Waals surface area contributed by atoms with Crippen LogP contribution in [-0.4, -0.2) is 11.2 Å². The van der Waals surface area contributed by atoms with Gasteiger partial charge in [0.2, 0.25) is 0 Å². The van der Waals surface area contributed by atoms with E-state index in [1.54, 1.807) is 0 Å². The van der Waals surface area contributed by atoms with Crippen molar-refractivity contribution >= 4 is 23.0 Å². The van der Waals surface area contributed by atoms with Gasteiger partial charge in [-0.1, -0.05) is 32.9 Å². The first-order valence-electron chi connectivity index (χ1n) is 8.26. The van der Waals surface area contributed by atoms with Crippen LogP contribution in [0.2, 0.25) is 0 Å². The van der Waals surface area contributed by atoms with E-state index in [9.17, 15) is 0 Å².